The molecule has 2 heterocycles. The molecule has 0 aliphatic heterocycles. The molecule has 5 nitrogen and oxygen atoms in total. The molecule has 0 spiro atoms. The summed E-state index contributed by atoms with van der Waals surface area (Å²) in [6.45, 7) is 0. The van der Waals surface area contributed by atoms with Crippen molar-refractivity contribution in [1.82, 2.24) is 14.6 Å². The maximum Gasteiger partial charge on any atom is 0.228 e. The van der Waals surface area contributed by atoms with E-state index in [1.165, 1.54) is 13.3 Å². The fourth-order valence-corrected chi connectivity index (χ4v) is 1.57. The van der Waals surface area contributed by atoms with Gasteiger partial charge in [0.2, 0.25) is 5.78 Å². The normalized spacial score (nSPS) is 9.93. The third-order valence-corrected chi connectivity index (χ3v) is 2.45. The molecule has 2 rings (SSSR count). The number of hydrogen-bond acceptors (Lipinski definition) is 6. The number of carbonyl (C=O) groups excluding carboxylic acids is 1. The highest BCUT2D eigenvalue weighted by atomic mass is 32.1. The van der Waals surface area contributed by atoms with E-state index in [0.717, 1.165) is 11.5 Å². The highest BCUT2D eigenvalue weighted by Gasteiger charge is 2.17. The van der Waals surface area contributed by atoms with Gasteiger partial charge >= 0.3 is 0 Å². The second-order valence-corrected chi connectivity index (χ2v) is 3.45. The fraction of sp³-hybridized carbons (Fsp3) is 0.111. The Morgan fingerprint density at radius 1 is 1.53 bits per heavy atom. The van der Waals surface area contributed by atoms with E-state index >= 15 is 0 Å². The van der Waals surface area contributed by atoms with Gasteiger partial charge in [-0.1, -0.05) is 4.49 Å². The maximum absolute atomic E-state index is 11.9. The lowest BCUT2D eigenvalue weighted by Crippen LogP contribution is -2.04. The molecule has 15 heavy (non-hydrogen) atoms. The predicted octanol–water partition coefficient (Wildman–Crippen LogP) is 1.17. The first-order valence-electron chi connectivity index (χ1n) is 4.14. The zero-order chi connectivity index (χ0) is 10.7. The molecule has 0 radical (unpaired) electrons. The average Bonchev–Trinajstić information content (AvgIpc) is 2.81. The number of carbonyl (C=O) groups is 1. The largest absolute Gasteiger partial charge is 0.494 e. The number of ketones is 1. The van der Waals surface area contributed by atoms with Crippen molar-refractivity contribution in [1.29, 1.82) is 0 Å². The Morgan fingerprint density at radius 3 is 3.07 bits per heavy atom. The van der Waals surface area contributed by atoms with Crippen LogP contribution >= 0.6 is 11.5 Å². The molecular formula is C9H7N3O2S. The standard InChI is InChI=1S/C9H7N3O2S/c1-14-6-3-2-4-10-8(6)9(13)7-5-11-12-15-7/h2-5H,1H3. The topological polar surface area (TPSA) is 65.0 Å². The van der Waals surface area contributed by atoms with Crippen molar-refractivity contribution in [3.8, 4) is 5.75 Å². The van der Waals surface area contributed by atoms with Crippen molar-refractivity contribution in [3.05, 3.63) is 35.1 Å². The lowest BCUT2D eigenvalue weighted by molar-refractivity contribution is 0.103. The van der Waals surface area contributed by atoms with E-state index in [2.05, 4.69) is 14.6 Å². The lowest BCUT2D eigenvalue weighted by atomic mass is 10.2. The SMILES string of the molecule is COc1cccnc1C(=O)c1cnns1. The van der Waals surface area contributed by atoms with Gasteiger partial charge in [-0.05, 0) is 23.7 Å². The van der Waals surface area contributed by atoms with Crippen LogP contribution in [0.1, 0.15) is 15.4 Å². The molecule has 2 aromatic heterocycles. The van der Waals surface area contributed by atoms with Crippen molar-refractivity contribution in [2.75, 3.05) is 7.11 Å². The number of nitrogens with zero attached hydrogens (tertiary/aromatic N) is 3. The molecule has 0 saturated heterocycles. The molecule has 0 saturated carbocycles. The Hall–Kier alpha value is -1.82. The molecular weight excluding hydrogens is 214 g/mol. The van der Waals surface area contributed by atoms with Gasteiger partial charge in [0.1, 0.15) is 10.6 Å². The van der Waals surface area contributed by atoms with Gasteiger partial charge in [-0.2, -0.15) is 0 Å². The Kier molecular flexibility index (Phi) is 2.68. The summed E-state index contributed by atoms with van der Waals surface area (Å²) < 4.78 is 8.67. The average molecular weight is 221 g/mol. The number of ether oxygens (including phenoxy) is 1. The van der Waals surface area contributed by atoms with Gasteiger partial charge < -0.3 is 4.74 Å². The van der Waals surface area contributed by atoms with Crippen molar-refractivity contribution < 1.29 is 9.53 Å². The number of hydrogen-bond donors (Lipinski definition) is 0. The number of pyridine rings is 1. The molecule has 0 aliphatic carbocycles. The van der Waals surface area contributed by atoms with Crippen molar-refractivity contribution in [2.45, 2.75) is 0 Å². The van der Waals surface area contributed by atoms with Crippen LogP contribution in [-0.2, 0) is 0 Å². The third kappa shape index (κ3) is 1.84. The van der Waals surface area contributed by atoms with E-state index in [0.29, 0.717) is 10.6 Å². The quantitative estimate of drug-likeness (QED) is 0.728. The number of rotatable bonds is 3. The first kappa shape index (κ1) is 9.72. The minimum absolute atomic E-state index is 0.220. The van der Waals surface area contributed by atoms with Crippen LogP contribution in [-0.4, -0.2) is 27.5 Å². The summed E-state index contributed by atoms with van der Waals surface area (Å²) in [6, 6.07) is 3.40. The second kappa shape index (κ2) is 4.14. The van der Waals surface area contributed by atoms with E-state index in [9.17, 15) is 4.79 Å². The van der Waals surface area contributed by atoms with Crippen LogP contribution in [0.15, 0.2) is 24.5 Å². The molecule has 0 fully saturated rings. The molecule has 0 unspecified atom stereocenters. The number of methoxy groups -OCH3 is 1. The van der Waals surface area contributed by atoms with Gasteiger partial charge in [0.25, 0.3) is 0 Å². The molecule has 0 aliphatic rings. The molecule has 76 valence electrons. The van der Waals surface area contributed by atoms with Crippen LogP contribution in [0.3, 0.4) is 0 Å². The van der Waals surface area contributed by atoms with E-state index in [1.54, 1.807) is 18.3 Å². The van der Waals surface area contributed by atoms with Gasteiger partial charge in [-0.25, -0.2) is 4.98 Å². The molecule has 0 amide bonds. The second-order valence-electron chi connectivity index (χ2n) is 2.67. The Morgan fingerprint density at radius 2 is 2.40 bits per heavy atom. The van der Waals surface area contributed by atoms with Gasteiger partial charge in [-0.3, -0.25) is 4.79 Å². The Bertz CT molecular complexity index is 470. The molecule has 0 atom stereocenters. The predicted molar refractivity (Wildman–Crippen MR) is 54.1 cm³/mol. The number of aromatic nitrogens is 3. The first-order chi connectivity index (χ1) is 7.33. The van der Waals surface area contributed by atoms with Gasteiger partial charge in [0.05, 0.1) is 13.3 Å². The summed E-state index contributed by atoms with van der Waals surface area (Å²) in [5.74, 6) is 0.235. The Balaban J connectivity index is 2.42. The maximum atomic E-state index is 11.9. The zero-order valence-corrected chi connectivity index (χ0v) is 8.69. The van der Waals surface area contributed by atoms with E-state index in [1.807, 2.05) is 0 Å². The van der Waals surface area contributed by atoms with Crippen LogP contribution in [0.5, 0.6) is 5.75 Å². The highest BCUT2D eigenvalue weighted by molar-refractivity contribution is 7.08. The van der Waals surface area contributed by atoms with Gasteiger partial charge in [0.15, 0.2) is 5.69 Å². The van der Waals surface area contributed by atoms with E-state index in [-0.39, 0.29) is 11.5 Å². The summed E-state index contributed by atoms with van der Waals surface area (Å²) in [5.41, 5.74) is 0.283. The lowest BCUT2D eigenvalue weighted by Gasteiger charge is -2.03. The minimum atomic E-state index is -0.220. The molecule has 0 aromatic carbocycles. The van der Waals surface area contributed by atoms with Gasteiger partial charge in [-0.15, -0.1) is 5.10 Å². The summed E-state index contributed by atoms with van der Waals surface area (Å²) in [6.07, 6.45) is 2.96. The van der Waals surface area contributed by atoms with Crippen LogP contribution in [0.25, 0.3) is 0 Å². The minimum Gasteiger partial charge on any atom is -0.494 e. The van der Waals surface area contributed by atoms with E-state index in [4.69, 9.17) is 4.74 Å². The van der Waals surface area contributed by atoms with Gasteiger partial charge in [0, 0.05) is 6.20 Å². The summed E-state index contributed by atoms with van der Waals surface area (Å²) >= 11 is 1.04. The summed E-state index contributed by atoms with van der Waals surface area (Å²) in [4.78, 5) is 16.3. The van der Waals surface area contributed by atoms with Crippen molar-refractivity contribution in [2.24, 2.45) is 0 Å². The fourth-order valence-electron chi connectivity index (χ4n) is 1.11. The molecule has 0 bridgehead atoms. The smallest absolute Gasteiger partial charge is 0.228 e. The van der Waals surface area contributed by atoms with Crippen LogP contribution < -0.4 is 4.74 Å². The highest BCUT2D eigenvalue weighted by Crippen LogP contribution is 2.19. The Labute approximate surface area is 89.9 Å². The molecule has 2 aromatic rings. The van der Waals surface area contributed by atoms with Crippen molar-refractivity contribution >= 4 is 17.3 Å². The van der Waals surface area contributed by atoms with Crippen LogP contribution in [0.4, 0.5) is 0 Å². The zero-order valence-electron chi connectivity index (χ0n) is 7.88. The third-order valence-electron chi connectivity index (χ3n) is 1.79. The molecule has 0 N–H and O–H groups in total. The summed E-state index contributed by atoms with van der Waals surface area (Å²) in [5, 5.41) is 3.60. The van der Waals surface area contributed by atoms with Crippen LogP contribution in [0.2, 0.25) is 0 Å². The van der Waals surface area contributed by atoms with E-state index < -0.39 is 0 Å². The first-order valence-corrected chi connectivity index (χ1v) is 4.91. The van der Waals surface area contributed by atoms with Crippen LogP contribution in [0, 0.1) is 0 Å². The molecule has 6 heteroatoms. The monoisotopic (exact) mass is 221 g/mol. The summed E-state index contributed by atoms with van der Waals surface area (Å²) in [7, 11) is 1.50. The van der Waals surface area contributed by atoms with Crippen molar-refractivity contribution in [3.63, 3.8) is 0 Å².